The maximum atomic E-state index is 12.2. The normalized spacial score (nSPS) is 16.0. The average molecular weight is 395 g/mol. The molecule has 0 aromatic heterocycles. The van der Waals surface area contributed by atoms with Crippen LogP contribution in [0.4, 0.5) is 0 Å². The molecule has 120 valence electrons. The van der Waals surface area contributed by atoms with Crippen LogP contribution in [-0.4, -0.2) is 48.6 Å². The molecule has 1 aliphatic rings. The monoisotopic (exact) mass is 394 g/mol. The molecule has 0 spiro atoms. The summed E-state index contributed by atoms with van der Waals surface area (Å²) in [6.45, 7) is 0.135. The molecule has 0 N–H and O–H groups in total. The van der Waals surface area contributed by atoms with E-state index in [4.69, 9.17) is 28.1 Å². The van der Waals surface area contributed by atoms with Gasteiger partial charge < -0.3 is 14.4 Å². The molecule has 0 radical (unpaired) electrons. The van der Waals surface area contributed by atoms with Crippen LogP contribution in [0.5, 0.6) is 11.5 Å². The first-order valence-corrected chi connectivity index (χ1v) is 7.82. The fraction of sp³-hybridized carbons (Fsp3) is 0.250. The summed E-state index contributed by atoms with van der Waals surface area (Å²) in [7, 11) is 4.94. The van der Waals surface area contributed by atoms with Crippen molar-refractivity contribution in [1.82, 2.24) is 9.80 Å². The Kier molecular flexibility index (Phi) is 5.29. The van der Waals surface area contributed by atoms with Gasteiger partial charge in [-0.25, -0.2) is 0 Å². The standard InChI is InChI=1S/C16H15BrN2O3S/c1-5-6-22-14-11(17)7-10(9-13(14)21-4)8-12-15(20)19(3)16(23)18(12)2/h1,7-9H,6H2,2-4H3/b12-8-. The third-order valence-corrected chi connectivity index (χ3v) is 4.45. The molecule has 1 saturated heterocycles. The lowest BCUT2D eigenvalue weighted by molar-refractivity contribution is -0.121. The Balaban J connectivity index is 2.44. The van der Waals surface area contributed by atoms with Crippen LogP contribution in [0.15, 0.2) is 22.3 Å². The third kappa shape index (κ3) is 3.33. The molecule has 1 aromatic carbocycles. The van der Waals surface area contributed by atoms with Gasteiger partial charge in [-0.05, 0) is 51.9 Å². The van der Waals surface area contributed by atoms with Crippen molar-refractivity contribution in [3.63, 3.8) is 0 Å². The number of halogens is 1. The predicted octanol–water partition coefficient (Wildman–Crippen LogP) is 2.50. The number of hydrogen-bond donors (Lipinski definition) is 0. The van der Waals surface area contributed by atoms with Crippen molar-refractivity contribution in [3.8, 4) is 23.8 Å². The lowest BCUT2D eigenvalue weighted by Gasteiger charge is -2.13. The Morgan fingerprint density at radius 2 is 2.09 bits per heavy atom. The van der Waals surface area contributed by atoms with Crippen molar-refractivity contribution in [2.24, 2.45) is 0 Å². The van der Waals surface area contributed by atoms with Crippen LogP contribution in [0.1, 0.15) is 5.56 Å². The summed E-state index contributed by atoms with van der Waals surface area (Å²) in [5, 5.41) is 0.459. The van der Waals surface area contributed by atoms with Crippen LogP contribution >= 0.6 is 28.1 Å². The van der Waals surface area contributed by atoms with Crippen LogP contribution in [0.3, 0.4) is 0 Å². The quantitative estimate of drug-likeness (QED) is 0.445. The van der Waals surface area contributed by atoms with E-state index in [1.807, 2.05) is 6.07 Å². The number of carbonyl (C=O) groups is 1. The molecule has 5 nitrogen and oxygen atoms in total. The molecule has 0 aliphatic carbocycles. The van der Waals surface area contributed by atoms with E-state index in [1.165, 1.54) is 12.0 Å². The number of benzene rings is 1. The van der Waals surface area contributed by atoms with Gasteiger partial charge in [0.1, 0.15) is 12.3 Å². The van der Waals surface area contributed by atoms with Crippen molar-refractivity contribution in [3.05, 3.63) is 27.9 Å². The van der Waals surface area contributed by atoms with E-state index in [0.29, 0.717) is 26.8 Å². The van der Waals surface area contributed by atoms with Gasteiger partial charge in [-0.15, -0.1) is 6.42 Å². The Labute approximate surface area is 149 Å². The van der Waals surface area contributed by atoms with Crippen LogP contribution in [-0.2, 0) is 4.79 Å². The second kappa shape index (κ2) is 7.02. The molecule has 1 aliphatic heterocycles. The van der Waals surface area contributed by atoms with E-state index in [2.05, 4.69) is 21.9 Å². The number of hydrogen-bond acceptors (Lipinski definition) is 4. The summed E-state index contributed by atoms with van der Waals surface area (Å²) >= 11 is 8.63. The predicted molar refractivity (Wildman–Crippen MR) is 96.1 cm³/mol. The number of amides is 1. The molecule has 1 amide bonds. The number of methoxy groups -OCH3 is 1. The number of nitrogens with zero attached hydrogens (tertiary/aromatic N) is 2. The first-order valence-electron chi connectivity index (χ1n) is 6.62. The topological polar surface area (TPSA) is 42.0 Å². The highest BCUT2D eigenvalue weighted by Crippen LogP contribution is 2.37. The van der Waals surface area contributed by atoms with E-state index in [1.54, 1.807) is 31.1 Å². The minimum atomic E-state index is -0.153. The minimum Gasteiger partial charge on any atom is -0.493 e. The van der Waals surface area contributed by atoms with Crippen LogP contribution in [0, 0.1) is 12.3 Å². The number of carbonyl (C=O) groups excluding carboxylic acids is 1. The van der Waals surface area contributed by atoms with Gasteiger partial charge in [0.25, 0.3) is 5.91 Å². The van der Waals surface area contributed by atoms with Gasteiger partial charge in [-0.2, -0.15) is 0 Å². The van der Waals surface area contributed by atoms with Gasteiger partial charge in [-0.1, -0.05) is 5.92 Å². The smallest absolute Gasteiger partial charge is 0.276 e. The van der Waals surface area contributed by atoms with Gasteiger partial charge in [-0.3, -0.25) is 9.69 Å². The second-order valence-electron chi connectivity index (χ2n) is 4.76. The third-order valence-electron chi connectivity index (χ3n) is 3.31. The number of ether oxygens (including phenoxy) is 2. The molecule has 1 fully saturated rings. The maximum Gasteiger partial charge on any atom is 0.276 e. The first-order chi connectivity index (χ1) is 10.9. The molecule has 2 rings (SSSR count). The van der Waals surface area contributed by atoms with Crippen molar-refractivity contribution in [2.75, 3.05) is 27.8 Å². The molecule has 0 saturated carbocycles. The van der Waals surface area contributed by atoms with Crippen molar-refractivity contribution >= 4 is 45.2 Å². The highest BCUT2D eigenvalue weighted by atomic mass is 79.9. The van der Waals surface area contributed by atoms with Gasteiger partial charge in [0.2, 0.25) is 0 Å². The summed E-state index contributed by atoms with van der Waals surface area (Å²) < 4.78 is 11.5. The summed E-state index contributed by atoms with van der Waals surface area (Å²) in [6, 6.07) is 3.59. The van der Waals surface area contributed by atoms with Gasteiger partial charge in [0.05, 0.1) is 11.6 Å². The highest BCUT2D eigenvalue weighted by Gasteiger charge is 2.32. The summed E-state index contributed by atoms with van der Waals surface area (Å²) in [5.41, 5.74) is 1.26. The SMILES string of the molecule is C#CCOc1c(Br)cc(/C=C2/C(=O)N(C)C(=S)N2C)cc1OC. The Hall–Kier alpha value is -2.04. The molecule has 0 atom stereocenters. The number of thiocarbonyl (C=S) groups is 1. The number of likely N-dealkylation sites (N-methyl/N-ethyl adjacent to an activating group) is 2. The zero-order valence-electron chi connectivity index (χ0n) is 12.9. The summed E-state index contributed by atoms with van der Waals surface area (Å²) in [4.78, 5) is 15.3. The zero-order chi connectivity index (χ0) is 17.1. The lowest BCUT2D eigenvalue weighted by Crippen LogP contribution is -2.26. The molecule has 0 bridgehead atoms. The fourth-order valence-corrected chi connectivity index (χ4v) is 2.88. The van der Waals surface area contributed by atoms with Crippen LogP contribution in [0.25, 0.3) is 6.08 Å². The van der Waals surface area contributed by atoms with Gasteiger partial charge in [0, 0.05) is 14.1 Å². The zero-order valence-corrected chi connectivity index (χ0v) is 15.3. The molecule has 1 heterocycles. The molecular formula is C16H15BrN2O3S. The van der Waals surface area contributed by atoms with Crippen LogP contribution < -0.4 is 9.47 Å². The largest absolute Gasteiger partial charge is 0.493 e. The van der Waals surface area contributed by atoms with E-state index >= 15 is 0 Å². The highest BCUT2D eigenvalue weighted by molar-refractivity contribution is 9.10. The van der Waals surface area contributed by atoms with Crippen molar-refractivity contribution in [2.45, 2.75) is 0 Å². The molecule has 23 heavy (non-hydrogen) atoms. The maximum absolute atomic E-state index is 12.2. The van der Waals surface area contributed by atoms with E-state index < -0.39 is 0 Å². The van der Waals surface area contributed by atoms with Gasteiger partial charge >= 0.3 is 0 Å². The average Bonchev–Trinajstić information content (AvgIpc) is 2.71. The lowest BCUT2D eigenvalue weighted by atomic mass is 10.1. The van der Waals surface area contributed by atoms with Crippen molar-refractivity contribution in [1.29, 1.82) is 0 Å². The van der Waals surface area contributed by atoms with Gasteiger partial charge in [0.15, 0.2) is 16.6 Å². The molecular weight excluding hydrogens is 380 g/mol. The summed E-state index contributed by atoms with van der Waals surface area (Å²) in [5.74, 6) is 3.29. The summed E-state index contributed by atoms with van der Waals surface area (Å²) in [6.07, 6.45) is 6.96. The Morgan fingerprint density at radius 3 is 2.61 bits per heavy atom. The number of rotatable bonds is 4. The Morgan fingerprint density at radius 1 is 1.39 bits per heavy atom. The molecule has 0 unspecified atom stereocenters. The second-order valence-corrected chi connectivity index (χ2v) is 5.98. The first kappa shape index (κ1) is 17.3. The minimum absolute atomic E-state index is 0.135. The van der Waals surface area contributed by atoms with E-state index in [9.17, 15) is 4.79 Å². The van der Waals surface area contributed by atoms with Crippen LogP contribution in [0.2, 0.25) is 0 Å². The fourth-order valence-electron chi connectivity index (χ4n) is 2.12. The molecule has 1 aromatic rings. The molecule has 7 heteroatoms. The van der Waals surface area contributed by atoms with E-state index in [0.717, 1.165) is 5.56 Å². The van der Waals surface area contributed by atoms with E-state index in [-0.39, 0.29) is 12.5 Å². The Bertz CT molecular complexity index is 740. The van der Waals surface area contributed by atoms with Crippen molar-refractivity contribution < 1.29 is 14.3 Å². The number of terminal acetylenes is 1.